The molecule has 3 aromatic carbocycles. The Labute approximate surface area is 197 Å². The van der Waals surface area contributed by atoms with Gasteiger partial charge >= 0.3 is 12.1 Å². The zero-order valence-electron chi connectivity index (χ0n) is 19.2. The van der Waals surface area contributed by atoms with Crippen LogP contribution in [0.1, 0.15) is 13.8 Å². The number of likely N-dealkylation sites (N-methyl/N-ethyl adjacent to an activating group) is 2. The van der Waals surface area contributed by atoms with E-state index in [4.69, 9.17) is 0 Å². The van der Waals surface area contributed by atoms with E-state index in [1.807, 2.05) is 74.5 Å². The Morgan fingerprint density at radius 3 is 1.62 bits per heavy atom. The zero-order valence-corrected chi connectivity index (χ0v) is 19.2. The number of amides is 6. The van der Waals surface area contributed by atoms with Crippen LogP contribution in [0.25, 0.3) is 10.8 Å². The largest absolute Gasteiger partial charge is 0.331 e. The van der Waals surface area contributed by atoms with Crippen LogP contribution in [-0.4, -0.2) is 59.9 Å². The summed E-state index contributed by atoms with van der Waals surface area (Å²) < 4.78 is 0. The second-order valence-electron chi connectivity index (χ2n) is 7.92. The predicted octanol–water partition coefficient (Wildman–Crippen LogP) is 4.10. The van der Waals surface area contributed by atoms with Gasteiger partial charge in [-0.25, -0.2) is 19.4 Å². The number of hydrogen-bond donors (Lipinski definition) is 0. The molecule has 2 saturated heterocycles. The van der Waals surface area contributed by atoms with Crippen LogP contribution in [0.3, 0.4) is 0 Å². The lowest BCUT2D eigenvalue weighted by Crippen LogP contribution is -2.32. The Hall–Kier alpha value is -4.20. The summed E-state index contributed by atoms with van der Waals surface area (Å²) in [6, 6.07) is 22.0. The molecule has 8 nitrogen and oxygen atoms in total. The van der Waals surface area contributed by atoms with Crippen LogP contribution in [0.2, 0.25) is 0 Å². The minimum Gasteiger partial charge on any atom is -0.315 e. The van der Waals surface area contributed by atoms with E-state index in [1.54, 1.807) is 12.1 Å². The number of para-hydroxylation sites is 1. The quantitative estimate of drug-likeness (QED) is 0.551. The summed E-state index contributed by atoms with van der Waals surface area (Å²) >= 11 is 0. The number of carbonyl (C=O) groups excluding carboxylic acids is 4. The maximum absolute atomic E-state index is 12.1. The molecule has 8 heteroatoms. The van der Waals surface area contributed by atoms with Crippen LogP contribution in [-0.2, 0) is 9.59 Å². The van der Waals surface area contributed by atoms with Crippen LogP contribution in [0.15, 0.2) is 72.8 Å². The maximum atomic E-state index is 12.1. The van der Waals surface area contributed by atoms with E-state index in [0.29, 0.717) is 24.5 Å². The SMILES string of the molecule is CCN1CC(=O)N(c2ccc3ccccc3c2)C1=O.CCN1CC(=O)N(c2ccccc2)C1=O. The van der Waals surface area contributed by atoms with Gasteiger partial charge in [0.05, 0.1) is 11.4 Å². The van der Waals surface area contributed by atoms with Crippen molar-refractivity contribution in [1.29, 1.82) is 0 Å². The maximum Gasteiger partial charge on any atom is 0.331 e. The van der Waals surface area contributed by atoms with Gasteiger partial charge in [-0.1, -0.05) is 48.5 Å². The van der Waals surface area contributed by atoms with Gasteiger partial charge < -0.3 is 9.80 Å². The smallest absolute Gasteiger partial charge is 0.315 e. The molecule has 0 aromatic heterocycles. The van der Waals surface area contributed by atoms with E-state index < -0.39 is 0 Å². The van der Waals surface area contributed by atoms with Crippen molar-refractivity contribution in [2.45, 2.75) is 13.8 Å². The van der Waals surface area contributed by atoms with E-state index in [1.165, 1.54) is 19.6 Å². The molecule has 0 spiro atoms. The lowest BCUT2D eigenvalue weighted by atomic mass is 10.1. The number of anilines is 2. The summed E-state index contributed by atoms with van der Waals surface area (Å²) in [6.07, 6.45) is 0. The van der Waals surface area contributed by atoms with Crippen LogP contribution < -0.4 is 9.80 Å². The minimum absolute atomic E-state index is 0.159. The van der Waals surface area contributed by atoms with E-state index in [-0.39, 0.29) is 37.0 Å². The summed E-state index contributed by atoms with van der Waals surface area (Å²) in [5.41, 5.74) is 1.29. The monoisotopic (exact) mass is 458 g/mol. The lowest BCUT2D eigenvalue weighted by molar-refractivity contribution is -0.117. The summed E-state index contributed by atoms with van der Waals surface area (Å²) in [7, 11) is 0. The molecule has 174 valence electrons. The number of imide groups is 2. The summed E-state index contributed by atoms with van der Waals surface area (Å²) in [5.74, 6) is -0.324. The lowest BCUT2D eigenvalue weighted by Gasteiger charge is -2.16. The molecule has 3 aromatic rings. The number of benzene rings is 3. The Balaban J connectivity index is 0.000000166. The van der Waals surface area contributed by atoms with Gasteiger partial charge in [0.2, 0.25) is 0 Å². The van der Waals surface area contributed by atoms with Gasteiger partial charge in [-0.05, 0) is 48.9 Å². The highest BCUT2D eigenvalue weighted by molar-refractivity contribution is 6.20. The molecule has 6 amide bonds. The molecule has 2 fully saturated rings. The minimum atomic E-state index is -0.234. The fourth-order valence-corrected chi connectivity index (χ4v) is 4.00. The van der Waals surface area contributed by atoms with Crippen molar-refractivity contribution in [1.82, 2.24) is 9.80 Å². The van der Waals surface area contributed by atoms with Crippen LogP contribution >= 0.6 is 0 Å². The standard InChI is InChI=1S/C15H14N2O2.C11H12N2O2/c1-2-16-10-14(18)17(15(16)19)13-8-7-11-5-3-4-6-12(11)9-13;1-2-12-8-10(14)13(11(12)15)9-6-4-3-5-7-9/h3-9H,2,10H2,1H3;3-7H,2,8H2,1H3. The van der Waals surface area contributed by atoms with Crippen molar-refractivity contribution < 1.29 is 19.2 Å². The molecule has 34 heavy (non-hydrogen) atoms. The van der Waals surface area contributed by atoms with Crippen LogP contribution in [0, 0.1) is 0 Å². The van der Waals surface area contributed by atoms with Crippen molar-refractivity contribution in [2.24, 2.45) is 0 Å². The molecule has 0 atom stereocenters. The van der Waals surface area contributed by atoms with Gasteiger partial charge in [-0.2, -0.15) is 0 Å². The normalized spacial score (nSPS) is 15.9. The fraction of sp³-hybridized carbons (Fsp3) is 0.231. The van der Waals surface area contributed by atoms with Gasteiger partial charge in [0.25, 0.3) is 11.8 Å². The first-order valence-corrected chi connectivity index (χ1v) is 11.2. The molecule has 2 aliphatic rings. The summed E-state index contributed by atoms with van der Waals surface area (Å²) in [6.45, 7) is 5.20. The number of rotatable bonds is 4. The highest BCUT2D eigenvalue weighted by atomic mass is 16.2. The molecule has 0 aliphatic carbocycles. The Morgan fingerprint density at radius 1 is 0.588 bits per heavy atom. The van der Waals surface area contributed by atoms with Gasteiger partial charge in [-0.3, -0.25) is 9.59 Å². The predicted molar refractivity (Wildman–Crippen MR) is 131 cm³/mol. The third-order valence-electron chi connectivity index (χ3n) is 5.84. The topological polar surface area (TPSA) is 81.2 Å². The van der Waals surface area contributed by atoms with Crippen molar-refractivity contribution in [3.63, 3.8) is 0 Å². The van der Waals surface area contributed by atoms with Gasteiger partial charge in [0, 0.05) is 13.1 Å². The first-order valence-electron chi connectivity index (χ1n) is 11.2. The average molecular weight is 459 g/mol. The van der Waals surface area contributed by atoms with Crippen LogP contribution in [0.5, 0.6) is 0 Å². The van der Waals surface area contributed by atoms with E-state index in [9.17, 15) is 19.2 Å². The van der Waals surface area contributed by atoms with Gasteiger partial charge in [-0.15, -0.1) is 0 Å². The highest BCUT2D eigenvalue weighted by Gasteiger charge is 2.36. The zero-order chi connectivity index (χ0) is 24.2. The van der Waals surface area contributed by atoms with Gasteiger partial charge in [0.1, 0.15) is 13.1 Å². The Kier molecular flexibility index (Phi) is 6.58. The second-order valence-corrected chi connectivity index (χ2v) is 7.92. The Bertz CT molecular complexity index is 1240. The molecular weight excluding hydrogens is 432 g/mol. The Morgan fingerprint density at radius 2 is 1.09 bits per heavy atom. The number of nitrogens with zero attached hydrogens (tertiary/aromatic N) is 4. The van der Waals surface area contributed by atoms with E-state index in [0.717, 1.165) is 10.8 Å². The third kappa shape index (κ3) is 4.34. The first kappa shape index (κ1) is 23.0. The molecule has 0 bridgehead atoms. The molecule has 2 heterocycles. The first-order chi connectivity index (χ1) is 16.4. The number of carbonyl (C=O) groups is 4. The fourth-order valence-electron chi connectivity index (χ4n) is 4.00. The third-order valence-corrected chi connectivity index (χ3v) is 5.84. The highest BCUT2D eigenvalue weighted by Crippen LogP contribution is 2.25. The molecule has 0 radical (unpaired) electrons. The molecule has 0 N–H and O–H groups in total. The van der Waals surface area contributed by atoms with Crippen molar-refractivity contribution >= 4 is 46.0 Å². The van der Waals surface area contributed by atoms with E-state index >= 15 is 0 Å². The molecule has 0 unspecified atom stereocenters. The molecular formula is C26H26N4O4. The second kappa shape index (κ2) is 9.74. The van der Waals surface area contributed by atoms with Crippen molar-refractivity contribution in [2.75, 3.05) is 36.0 Å². The number of fused-ring (bicyclic) bond motifs is 1. The van der Waals surface area contributed by atoms with Crippen molar-refractivity contribution in [3.05, 3.63) is 72.8 Å². The number of urea groups is 2. The number of hydrogen-bond acceptors (Lipinski definition) is 4. The van der Waals surface area contributed by atoms with Crippen molar-refractivity contribution in [3.8, 4) is 0 Å². The molecule has 2 aliphatic heterocycles. The van der Waals surface area contributed by atoms with E-state index in [2.05, 4.69) is 0 Å². The average Bonchev–Trinajstić information content (AvgIpc) is 3.32. The van der Waals surface area contributed by atoms with Gasteiger partial charge in [0.15, 0.2) is 0 Å². The summed E-state index contributed by atoms with van der Waals surface area (Å²) in [4.78, 5) is 53.0. The molecule has 5 rings (SSSR count). The molecule has 0 saturated carbocycles. The van der Waals surface area contributed by atoms with Crippen LogP contribution in [0.4, 0.5) is 21.0 Å². The summed E-state index contributed by atoms with van der Waals surface area (Å²) in [5, 5.41) is 2.12.